The number of aromatic nitrogens is 1. The van der Waals surface area contributed by atoms with E-state index in [1.807, 2.05) is 24.3 Å². The van der Waals surface area contributed by atoms with Crippen molar-refractivity contribution in [2.75, 3.05) is 23.3 Å². The van der Waals surface area contributed by atoms with E-state index in [0.717, 1.165) is 40.9 Å². The van der Waals surface area contributed by atoms with Crippen LogP contribution in [0.3, 0.4) is 0 Å². The zero-order valence-corrected chi connectivity index (χ0v) is 17.5. The van der Waals surface area contributed by atoms with Crippen molar-refractivity contribution in [3.8, 4) is 11.3 Å². The fourth-order valence-electron chi connectivity index (χ4n) is 5.07. The molecule has 0 spiro atoms. The first-order chi connectivity index (χ1) is 13.9. The predicted molar refractivity (Wildman–Crippen MR) is 117 cm³/mol. The summed E-state index contributed by atoms with van der Waals surface area (Å²) in [5.74, 6) is 1.99. The van der Waals surface area contributed by atoms with E-state index in [1.54, 1.807) is 0 Å². The van der Waals surface area contributed by atoms with Crippen LogP contribution in [0.4, 0.5) is 11.4 Å². The lowest BCUT2D eigenvalue weighted by atomic mass is 9.85. The van der Waals surface area contributed by atoms with Gasteiger partial charge in [0.1, 0.15) is 5.52 Å². The van der Waals surface area contributed by atoms with E-state index >= 15 is 0 Å². The van der Waals surface area contributed by atoms with Crippen LogP contribution in [0, 0.1) is 11.8 Å². The van der Waals surface area contributed by atoms with Gasteiger partial charge in [-0.15, -0.1) is 0 Å². The van der Waals surface area contributed by atoms with Gasteiger partial charge >= 0.3 is 0 Å². The summed E-state index contributed by atoms with van der Waals surface area (Å²) in [5.41, 5.74) is 4.93. The van der Waals surface area contributed by atoms with Gasteiger partial charge in [-0.3, -0.25) is 4.79 Å². The minimum absolute atomic E-state index is 0.0383. The van der Waals surface area contributed by atoms with Crippen LogP contribution >= 0.6 is 0 Å². The largest absolute Gasteiger partial charge is 0.382 e. The van der Waals surface area contributed by atoms with E-state index in [0.29, 0.717) is 28.7 Å². The van der Waals surface area contributed by atoms with Gasteiger partial charge in [-0.25, -0.2) is 0 Å². The fourth-order valence-corrected chi connectivity index (χ4v) is 5.07. The summed E-state index contributed by atoms with van der Waals surface area (Å²) in [6.45, 7) is 10.8. The summed E-state index contributed by atoms with van der Waals surface area (Å²) in [5, 5.41) is 8.83. The Kier molecular flexibility index (Phi) is 4.16. The maximum Gasteiger partial charge on any atom is 0.196 e. The molecule has 1 aliphatic heterocycles. The molecule has 1 fully saturated rings. The van der Waals surface area contributed by atoms with Gasteiger partial charge in [-0.2, -0.15) is 0 Å². The number of nitrogens with one attached hydrogen (secondary N) is 1. The highest BCUT2D eigenvalue weighted by Gasteiger charge is 2.34. The molecular weight excluding hydrogens is 362 g/mol. The second-order valence-corrected chi connectivity index (χ2v) is 9.08. The third-order valence-corrected chi connectivity index (χ3v) is 6.03. The molecule has 0 radical (unpaired) electrons. The highest BCUT2D eigenvalue weighted by molar-refractivity contribution is 6.28. The molecule has 0 amide bonds. The predicted octanol–water partition coefficient (Wildman–Crippen LogP) is 5.34. The van der Waals surface area contributed by atoms with Crippen LogP contribution in [0.25, 0.3) is 22.2 Å². The van der Waals surface area contributed by atoms with E-state index in [4.69, 9.17) is 4.52 Å². The van der Waals surface area contributed by atoms with E-state index < -0.39 is 0 Å². The molecular formula is C24H27N3O2. The van der Waals surface area contributed by atoms with Crippen LogP contribution in [0.1, 0.15) is 50.0 Å². The first-order valence-electron chi connectivity index (χ1n) is 10.6. The topological polar surface area (TPSA) is 58.4 Å². The van der Waals surface area contributed by atoms with Crippen LogP contribution in [0.5, 0.6) is 0 Å². The molecule has 3 aromatic rings. The third-order valence-electron chi connectivity index (χ3n) is 6.03. The van der Waals surface area contributed by atoms with Crippen LogP contribution in [-0.4, -0.2) is 30.1 Å². The first kappa shape index (κ1) is 18.2. The molecule has 5 rings (SSSR count). The van der Waals surface area contributed by atoms with E-state index in [1.165, 1.54) is 6.42 Å². The number of fused-ring (bicyclic) bond motifs is 2. The average Bonchev–Trinajstić information content (AvgIpc) is 3.10. The van der Waals surface area contributed by atoms with Gasteiger partial charge in [0.05, 0.1) is 16.6 Å². The Morgan fingerprint density at radius 2 is 1.83 bits per heavy atom. The van der Waals surface area contributed by atoms with Crippen molar-refractivity contribution >= 4 is 28.1 Å². The van der Waals surface area contributed by atoms with Gasteiger partial charge in [-0.05, 0) is 38.2 Å². The van der Waals surface area contributed by atoms with Gasteiger partial charge in [0, 0.05) is 35.9 Å². The van der Waals surface area contributed by atoms with E-state index in [2.05, 4.69) is 49.1 Å². The van der Waals surface area contributed by atoms with Crippen LogP contribution in [0.15, 0.2) is 34.9 Å². The summed E-state index contributed by atoms with van der Waals surface area (Å²) in [4.78, 5) is 15.9. The molecule has 150 valence electrons. The van der Waals surface area contributed by atoms with Crippen molar-refractivity contribution in [2.24, 2.45) is 11.8 Å². The zero-order chi connectivity index (χ0) is 20.3. The first-order valence-corrected chi connectivity index (χ1v) is 10.6. The molecule has 29 heavy (non-hydrogen) atoms. The highest BCUT2D eigenvalue weighted by atomic mass is 16.5. The number of benzene rings is 2. The van der Waals surface area contributed by atoms with Crippen molar-refractivity contribution in [1.29, 1.82) is 0 Å². The Hall–Kier alpha value is -2.82. The highest BCUT2D eigenvalue weighted by Crippen LogP contribution is 2.46. The minimum Gasteiger partial charge on any atom is -0.382 e. The molecule has 0 saturated carbocycles. The lowest BCUT2D eigenvalue weighted by Crippen LogP contribution is -2.39. The van der Waals surface area contributed by atoms with Crippen molar-refractivity contribution < 1.29 is 9.32 Å². The smallest absolute Gasteiger partial charge is 0.196 e. The Labute approximate surface area is 171 Å². The van der Waals surface area contributed by atoms with Gasteiger partial charge in [-0.1, -0.05) is 43.3 Å². The van der Waals surface area contributed by atoms with E-state index in [-0.39, 0.29) is 11.8 Å². The number of anilines is 2. The third kappa shape index (κ3) is 2.83. The molecule has 2 atom stereocenters. The summed E-state index contributed by atoms with van der Waals surface area (Å²) in [6, 6.07) is 9.98. The molecule has 1 saturated heterocycles. The maximum absolute atomic E-state index is 13.5. The van der Waals surface area contributed by atoms with Crippen molar-refractivity contribution in [3.63, 3.8) is 0 Å². The fraction of sp³-hybridized carbons (Fsp3) is 0.417. The Bertz CT molecular complexity index is 1100. The lowest BCUT2D eigenvalue weighted by molar-refractivity contribution is 0.104. The molecule has 5 nitrogen and oxygen atoms in total. The Balaban J connectivity index is 1.78. The van der Waals surface area contributed by atoms with Crippen LogP contribution < -0.4 is 10.2 Å². The molecule has 1 aliphatic carbocycles. The number of carbonyl (C=O) groups is 1. The number of carbonyl (C=O) groups excluding carboxylic acids is 1. The summed E-state index contributed by atoms with van der Waals surface area (Å²) in [6.07, 6.45) is 1.24. The average molecular weight is 389 g/mol. The number of hydrogen-bond acceptors (Lipinski definition) is 5. The number of hydrogen-bond donors (Lipinski definition) is 1. The van der Waals surface area contributed by atoms with Crippen molar-refractivity contribution in [3.05, 3.63) is 41.5 Å². The van der Waals surface area contributed by atoms with Gasteiger partial charge in [0.15, 0.2) is 11.5 Å². The summed E-state index contributed by atoms with van der Waals surface area (Å²) < 4.78 is 5.86. The molecule has 2 aromatic carbocycles. The number of piperidine rings is 1. The standard InChI is InChI=1S/C24H27N3O2/c1-13(2)25-18-10-19(27-11-14(3)9-15(4)12-27)22-21-20(18)23(28)16-7-5-6-8-17(16)24(21)29-26-22/h5-8,10,13-15,25H,9,11-12H2,1-4H3/t14-,15-/m0/s1. The number of rotatable bonds is 3. The monoisotopic (exact) mass is 389 g/mol. The zero-order valence-electron chi connectivity index (χ0n) is 17.5. The minimum atomic E-state index is 0.0383. The second kappa shape index (κ2) is 6.61. The normalized spacial score (nSPS) is 21.0. The van der Waals surface area contributed by atoms with Gasteiger partial charge in [0.2, 0.25) is 0 Å². The molecule has 0 bridgehead atoms. The molecule has 2 heterocycles. The van der Waals surface area contributed by atoms with Crippen LogP contribution in [0.2, 0.25) is 0 Å². The number of nitrogens with zero attached hydrogens (tertiary/aromatic N) is 2. The summed E-state index contributed by atoms with van der Waals surface area (Å²) >= 11 is 0. The second-order valence-electron chi connectivity index (χ2n) is 9.08. The molecule has 2 aliphatic rings. The van der Waals surface area contributed by atoms with E-state index in [9.17, 15) is 4.79 Å². The Morgan fingerprint density at radius 1 is 1.14 bits per heavy atom. The van der Waals surface area contributed by atoms with Crippen molar-refractivity contribution in [2.45, 2.75) is 40.2 Å². The quantitative estimate of drug-likeness (QED) is 0.512. The molecule has 1 aromatic heterocycles. The summed E-state index contributed by atoms with van der Waals surface area (Å²) in [7, 11) is 0. The van der Waals surface area contributed by atoms with Crippen LogP contribution in [-0.2, 0) is 0 Å². The van der Waals surface area contributed by atoms with Gasteiger partial charge in [0.25, 0.3) is 0 Å². The van der Waals surface area contributed by atoms with Gasteiger partial charge < -0.3 is 14.7 Å². The molecule has 0 unspecified atom stereocenters. The molecule has 1 N–H and O–H groups in total. The number of ketones is 1. The SMILES string of the molecule is CC(C)Nc1cc(N2C[C@@H](C)C[C@H](C)C2)c2noc3c2c1C(=O)c1ccccc1-3. The maximum atomic E-state index is 13.5. The van der Waals surface area contributed by atoms with Crippen molar-refractivity contribution in [1.82, 2.24) is 5.16 Å². The Morgan fingerprint density at radius 3 is 2.52 bits per heavy atom. The molecule has 5 heteroatoms. The lowest BCUT2D eigenvalue weighted by Gasteiger charge is -2.37.